The molecule has 0 saturated heterocycles. The zero-order valence-corrected chi connectivity index (χ0v) is 14.3. The standard InChI is InChI=1S/C20H16FN5O/c21-17-4-2-1-3-15(17)9-10-23-20(27)18-12-25-19(13-24-18)26-16-7-5-14(11-22)6-8-16/h1-8,12-13H,9-10H2,(H,23,27)(H,25,26). The molecule has 0 aliphatic carbocycles. The van der Waals surface area contributed by atoms with Crippen LogP contribution < -0.4 is 10.6 Å². The van der Waals surface area contributed by atoms with Crippen LogP contribution in [0.15, 0.2) is 60.9 Å². The number of benzene rings is 2. The van der Waals surface area contributed by atoms with Crippen molar-refractivity contribution in [2.45, 2.75) is 6.42 Å². The molecular formula is C20H16FN5O. The molecule has 6 nitrogen and oxygen atoms in total. The van der Waals surface area contributed by atoms with Gasteiger partial charge in [0.05, 0.1) is 24.0 Å². The van der Waals surface area contributed by atoms with Crippen molar-refractivity contribution >= 4 is 17.4 Å². The minimum absolute atomic E-state index is 0.175. The van der Waals surface area contributed by atoms with Crippen molar-refractivity contribution in [1.82, 2.24) is 15.3 Å². The number of nitrogens with zero attached hydrogens (tertiary/aromatic N) is 3. The molecule has 1 amide bonds. The van der Waals surface area contributed by atoms with E-state index in [1.165, 1.54) is 18.5 Å². The van der Waals surface area contributed by atoms with Gasteiger partial charge in [-0.3, -0.25) is 4.79 Å². The maximum atomic E-state index is 13.5. The molecule has 0 aliphatic heterocycles. The van der Waals surface area contributed by atoms with Gasteiger partial charge < -0.3 is 10.6 Å². The van der Waals surface area contributed by atoms with E-state index in [0.717, 1.165) is 5.69 Å². The Morgan fingerprint density at radius 2 is 1.85 bits per heavy atom. The van der Waals surface area contributed by atoms with Crippen molar-refractivity contribution in [3.63, 3.8) is 0 Å². The van der Waals surface area contributed by atoms with Gasteiger partial charge in [-0.2, -0.15) is 5.26 Å². The van der Waals surface area contributed by atoms with Gasteiger partial charge >= 0.3 is 0 Å². The van der Waals surface area contributed by atoms with Crippen LogP contribution in [0.2, 0.25) is 0 Å². The van der Waals surface area contributed by atoms with E-state index in [0.29, 0.717) is 29.9 Å². The van der Waals surface area contributed by atoms with Crippen molar-refractivity contribution in [2.75, 3.05) is 11.9 Å². The van der Waals surface area contributed by atoms with Crippen LogP contribution in [-0.4, -0.2) is 22.4 Å². The first-order valence-electron chi connectivity index (χ1n) is 8.26. The molecule has 3 rings (SSSR count). The summed E-state index contributed by atoms with van der Waals surface area (Å²) in [4.78, 5) is 20.3. The number of rotatable bonds is 6. The molecule has 1 heterocycles. The third-order valence-electron chi connectivity index (χ3n) is 3.81. The maximum absolute atomic E-state index is 13.5. The Bertz CT molecular complexity index is 965. The molecule has 3 aromatic rings. The Labute approximate surface area is 155 Å². The largest absolute Gasteiger partial charge is 0.350 e. The monoisotopic (exact) mass is 361 g/mol. The van der Waals surface area contributed by atoms with E-state index in [4.69, 9.17) is 5.26 Å². The minimum Gasteiger partial charge on any atom is -0.350 e. The van der Waals surface area contributed by atoms with Gasteiger partial charge in [0.25, 0.3) is 5.91 Å². The van der Waals surface area contributed by atoms with Crippen LogP contribution in [-0.2, 0) is 6.42 Å². The summed E-state index contributed by atoms with van der Waals surface area (Å²) in [6.45, 7) is 0.298. The second kappa shape index (κ2) is 8.54. The van der Waals surface area contributed by atoms with E-state index in [9.17, 15) is 9.18 Å². The molecule has 0 saturated carbocycles. The third kappa shape index (κ3) is 4.86. The lowest BCUT2D eigenvalue weighted by atomic mass is 10.1. The fourth-order valence-corrected chi connectivity index (χ4v) is 2.39. The molecule has 134 valence electrons. The SMILES string of the molecule is N#Cc1ccc(Nc2cnc(C(=O)NCCc3ccccc3F)cn2)cc1. The summed E-state index contributed by atoms with van der Waals surface area (Å²) in [6, 6.07) is 15.4. The first kappa shape index (κ1) is 18.0. The lowest BCUT2D eigenvalue weighted by molar-refractivity contribution is 0.0948. The van der Waals surface area contributed by atoms with Crippen molar-refractivity contribution in [1.29, 1.82) is 5.26 Å². The van der Waals surface area contributed by atoms with Crippen LogP contribution in [0.1, 0.15) is 21.6 Å². The van der Waals surface area contributed by atoms with Crippen LogP contribution in [0.4, 0.5) is 15.9 Å². The quantitative estimate of drug-likeness (QED) is 0.704. The van der Waals surface area contributed by atoms with Crippen molar-refractivity contribution in [3.8, 4) is 6.07 Å². The van der Waals surface area contributed by atoms with Gasteiger partial charge in [-0.25, -0.2) is 14.4 Å². The van der Waals surface area contributed by atoms with Crippen LogP contribution in [0.5, 0.6) is 0 Å². The number of hydrogen-bond donors (Lipinski definition) is 2. The van der Waals surface area contributed by atoms with Crippen molar-refractivity contribution < 1.29 is 9.18 Å². The van der Waals surface area contributed by atoms with E-state index < -0.39 is 0 Å². The molecule has 0 unspecified atom stereocenters. The molecule has 0 fully saturated rings. The highest BCUT2D eigenvalue weighted by Gasteiger charge is 2.08. The summed E-state index contributed by atoms with van der Waals surface area (Å²) in [5, 5.41) is 14.5. The molecule has 2 aromatic carbocycles. The summed E-state index contributed by atoms with van der Waals surface area (Å²) in [7, 11) is 0. The summed E-state index contributed by atoms with van der Waals surface area (Å²) < 4.78 is 13.5. The van der Waals surface area contributed by atoms with E-state index >= 15 is 0 Å². The van der Waals surface area contributed by atoms with Crippen molar-refractivity contribution in [2.24, 2.45) is 0 Å². The Balaban J connectivity index is 1.53. The van der Waals surface area contributed by atoms with E-state index in [2.05, 4.69) is 20.6 Å². The number of nitriles is 1. The van der Waals surface area contributed by atoms with E-state index in [1.807, 2.05) is 6.07 Å². The highest BCUT2D eigenvalue weighted by Crippen LogP contribution is 2.14. The van der Waals surface area contributed by atoms with E-state index in [1.54, 1.807) is 42.5 Å². The topological polar surface area (TPSA) is 90.7 Å². The number of carbonyl (C=O) groups is 1. The first-order valence-corrected chi connectivity index (χ1v) is 8.26. The third-order valence-corrected chi connectivity index (χ3v) is 3.81. The first-order chi connectivity index (χ1) is 13.2. The summed E-state index contributed by atoms with van der Waals surface area (Å²) in [6.07, 6.45) is 3.21. The normalized spacial score (nSPS) is 10.1. The summed E-state index contributed by atoms with van der Waals surface area (Å²) in [5.74, 6) is -0.184. The second-order valence-corrected chi connectivity index (χ2v) is 5.70. The Kier molecular flexibility index (Phi) is 5.70. The Morgan fingerprint density at radius 3 is 2.52 bits per heavy atom. The van der Waals surface area contributed by atoms with Gasteiger partial charge in [-0.15, -0.1) is 0 Å². The number of aromatic nitrogens is 2. The van der Waals surface area contributed by atoms with Crippen LogP contribution in [0, 0.1) is 17.1 Å². The predicted molar refractivity (Wildman–Crippen MR) is 98.9 cm³/mol. The fraction of sp³-hybridized carbons (Fsp3) is 0.100. The van der Waals surface area contributed by atoms with Crippen molar-refractivity contribution in [3.05, 3.63) is 83.6 Å². The summed E-state index contributed by atoms with van der Waals surface area (Å²) in [5.41, 5.74) is 2.04. The molecule has 1 aromatic heterocycles. The molecule has 27 heavy (non-hydrogen) atoms. The zero-order valence-electron chi connectivity index (χ0n) is 14.3. The van der Waals surface area contributed by atoms with Crippen LogP contribution in [0.25, 0.3) is 0 Å². The lowest BCUT2D eigenvalue weighted by Gasteiger charge is -2.07. The van der Waals surface area contributed by atoms with Crippen LogP contribution >= 0.6 is 0 Å². The molecule has 0 radical (unpaired) electrons. The van der Waals surface area contributed by atoms with Crippen LogP contribution in [0.3, 0.4) is 0 Å². The number of hydrogen-bond acceptors (Lipinski definition) is 5. The Morgan fingerprint density at radius 1 is 1.07 bits per heavy atom. The van der Waals surface area contributed by atoms with Gasteiger partial charge in [-0.05, 0) is 42.3 Å². The summed E-state index contributed by atoms with van der Waals surface area (Å²) >= 11 is 0. The average molecular weight is 361 g/mol. The van der Waals surface area contributed by atoms with Gasteiger partial charge in [0, 0.05) is 12.2 Å². The molecule has 0 aliphatic rings. The average Bonchev–Trinajstić information content (AvgIpc) is 2.70. The molecule has 7 heteroatoms. The smallest absolute Gasteiger partial charge is 0.271 e. The van der Waals surface area contributed by atoms with Gasteiger partial charge in [-0.1, -0.05) is 18.2 Å². The highest BCUT2D eigenvalue weighted by molar-refractivity contribution is 5.92. The van der Waals surface area contributed by atoms with Gasteiger partial charge in [0.2, 0.25) is 0 Å². The lowest BCUT2D eigenvalue weighted by Crippen LogP contribution is -2.26. The Hall–Kier alpha value is -3.79. The van der Waals surface area contributed by atoms with E-state index in [-0.39, 0.29) is 17.4 Å². The molecule has 0 spiro atoms. The minimum atomic E-state index is -0.372. The molecule has 2 N–H and O–H groups in total. The molecule has 0 bridgehead atoms. The molecule has 0 atom stereocenters. The fourth-order valence-electron chi connectivity index (χ4n) is 2.39. The number of nitrogens with one attached hydrogen (secondary N) is 2. The molecular weight excluding hydrogens is 345 g/mol. The number of carbonyl (C=O) groups excluding carboxylic acids is 1. The highest BCUT2D eigenvalue weighted by atomic mass is 19.1. The second-order valence-electron chi connectivity index (χ2n) is 5.70. The zero-order chi connectivity index (χ0) is 19.1. The number of anilines is 2. The van der Waals surface area contributed by atoms with Gasteiger partial charge in [0.15, 0.2) is 0 Å². The number of halogens is 1. The number of amides is 1. The predicted octanol–water partition coefficient (Wildman–Crippen LogP) is 3.20. The maximum Gasteiger partial charge on any atom is 0.271 e. The van der Waals surface area contributed by atoms with Gasteiger partial charge in [0.1, 0.15) is 17.3 Å².